The summed E-state index contributed by atoms with van der Waals surface area (Å²) < 4.78 is 6.07. The number of esters is 1. The number of allylic oxidation sites excluding steroid dienone is 4. The van der Waals surface area contributed by atoms with Crippen LogP contribution in [0.4, 0.5) is 0 Å². The van der Waals surface area contributed by atoms with E-state index in [1.54, 1.807) is 0 Å². The van der Waals surface area contributed by atoms with Crippen LogP contribution in [-0.2, 0) is 14.3 Å². The average Bonchev–Trinajstić information content (AvgIpc) is 2.93. The number of ether oxygens (including phenoxy) is 1. The fourth-order valence-corrected chi connectivity index (χ4v) is 7.36. The number of hydrogen-bond acceptors (Lipinski definition) is 4. The van der Waals surface area contributed by atoms with E-state index in [0.29, 0.717) is 30.6 Å². The molecule has 4 aliphatic carbocycles. The summed E-state index contributed by atoms with van der Waals surface area (Å²) >= 11 is 0. The first-order valence-corrected chi connectivity index (χ1v) is 11.0. The number of carbonyl (C=O) groups is 2. The maximum absolute atomic E-state index is 12.0. The van der Waals surface area contributed by atoms with Crippen LogP contribution in [0.3, 0.4) is 0 Å². The van der Waals surface area contributed by atoms with Gasteiger partial charge in [0.15, 0.2) is 5.78 Å². The maximum atomic E-state index is 12.0. The predicted molar refractivity (Wildman–Crippen MR) is 107 cm³/mol. The molecular formula is C24H34O4. The molecule has 0 aromatic rings. The van der Waals surface area contributed by atoms with E-state index in [1.165, 1.54) is 12.5 Å². The van der Waals surface area contributed by atoms with Gasteiger partial charge in [-0.2, -0.15) is 0 Å². The third kappa shape index (κ3) is 2.74. The largest absolute Gasteiger partial charge is 0.459 e. The van der Waals surface area contributed by atoms with Gasteiger partial charge in [0.2, 0.25) is 0 Å². The van der Waals surface area contributed by atoms with Gasteiger partial charge in [-0.1, -0.05) is 26.0 Å². The normalized spacial score (nSPS) is 44.4. The summed E-state index contributed by atoms with van der Waals surface area (Å²) in [5.74, 6) is 1.57. The van der Waals surface area contributed by atoms with Gasteiger partial charge >= 0.3 is 5.97 Å². The van der Waals surface area contributed by atoms with E-state index in [9.17, 15) is 14.7 Å². The van der Waals surface area contributed by atoms with E-state index in [2.05, 4.69) is 26.0 Å². The lowest BCUT2D eigenvalue weighted by molar-refractivity contribution is -0.181. The van der Waals surface area contributed by atoms with Crippen molar-refractivity contribution in [1.29, 1.82) is 0 Å². The standard InChI is InChI=1S/C24H34O4/c1-16(26)28-24(10-4-14-25)13-9-21-19-6-5-17-15-18(27)7-11-22(17,2)20(19)8-12-23(21,24)3/h5-6,15,19-21,25H,4,7-14H2,1-3H3/t19-,20+,21+,22+,23+,24+/m1/s1. The fourth-order valence-electron chi connectivity index (χ4n) is 7.36. The lowest BCUT2D eigenvalue weighted by Gasteiger charge is -2.57. The molecule has 4 heteroatoms. The SMILES string of the molecule is CC(=O)O[C@@]1(CCCO)CC[C@H]2[C@@H]3C=CC4=CC(=O)CC[C@]4(C)[C@H]3CC[C@@]21C. The first kappa shape index (κ1) is 19.9. The zero-order valence-electron chi connectivity index (χ0n) is 17.5. The zero-order valence-corrected chi connectivity index (χ0v) is 17.5. The second kappa shape index (κ2) is 6.83. The third-order valence-electron chi connectivity index (χ3n) is 8.88. The van der Waals surface area contributed by atoms with E-state index >= 15 is 0 Å². The maximum Gasteiger partial charge on any atom is 0.303 e. The average molecular weight is 387 g/mol. The van der Waals surface area contributed by atoms with Crippen molar-refractivity contribution in [2.45, 2.75) is 77.7 Å². The summed E-state index contributed by atoms with van der Waals surface area (Å²) in [7, 11) is 0. The minimum absolute atomic E-state index is 0.0542. The molecule has 0 aromatic carbocycles. The smallest absolute Gasteiger partial charge is 0.303 e. The number of rotatable bonds is 4. The lowest BCUT2D eigenvalue weighted by Crippen LogP contribution is -2.55. The molecule has 2 fully saturated rings. The Morgan fingerprint density at radius 2 is 1.96 bits per heavy atom. The van der Waals surface area contributed by atoms with Gasteiger partial charge in [0, 0.05) is 25.4 Å². The molecule has 0 bridgehead atoms. The molecule has 0 radical (unpaired) electrons. The van der Waals surface area contributed by atoms with Crippen molar-refractivity contribution in [3.63, 3.8) is 0 Å². The molecule has 28 heavy (non-hydrogen) atoms. The van der Waals surface area contributed by atoms with Crippen LogP contribution in [0.1, 0.15) is 72.1 Å². The monoisotopic (exact) mass is 386 g/mol. The molecule has 0 amide bonds. The first-order chi connectivity index (χ1) is 13.3. The highest BCUT2D eigenvalue weighted by molar-refractivity contribution is 5.92. The van der Waals surface area contributed by atoms with Crippen LogP contribution in [0, 0.1) is 28.6 Å². The lowest BCUT2D eigenvalue weighted by atomic mass is 9.48. The molecule has 0 aromatic heterocycles. The predicted octanol–water partition coefficient (Wildman–Crippen LogP) is 4.37. The first-order valence-electron chi connectivity index (χ1n) is 11.0. The summed E-state index contributed by atoms with van der Waals surface area (Å²) in [5.41, 5.74) is 0.802. The quantitative estimate of drug-likeness (QED) is 0.729. The summed E-state index contributed by atoms with van der Waals surface area (Å²) in [6.45, 7) is 6.33. The Morgan fingerprint density at radius 1 is 1.21 bits per heavy atom. The van der Waals surface area contributed by atoms with Gasteiger partial charge in [0.05, 0.1) is 0 Å². The molecule has 0 spiro atoms. The fraction of sp³-hybridized carbons (Fsp3) is 0.750. The Labute approximate surface area is 168 Å². The molecular weight excluding hydrogens is 352 g/mol. The van der Waals surface area contributed by atoms with Crippen molar-refractivity contribution in [3.8, 4) is 0 Å². The van der Waals surface area contributed by atoms with E-state index < -0.39 is 5.60 Å². The minimum Gasteiger partial charge on any atom is -0.459 e. The number of fused-ring (bicyclic) bond motifs is 5. The molecule has 6 atom stereocenters. The molecule has 0 heterocycles. The molecule has 1 N–H and O–H groups in total. The summed E-state index contributed by atoms with van der Waals surface area (Å²) in [4.78, 5) is 24.0. The van der Waals surface area contributed by atoms with E-state index in [4.69, 9.17) is 4.74 Å². The Morgan fingerprint density at radius 3 is 2.68 bits per heavy atom. The van der Waals surface area contributed by atoms with Crippen LogP contribution in [0.5, 0.6) is 0 Å². The Hall–Kier alpha value is -1.42. The second-order valence-corrected chi connectivity index (χ2v) is 10.0. The van der Waals surface area contributed by atoms with Crippen LogP contribution >= 0.6 is 0 Å². The molecule has 2 saturated carbocycles. The van der Waals surface area contributed by atoms with Crippen molar-refractivity contribution < 1.29 is 19.4 Å². The summed E-state index contributed by atoms with van der Waals surface area (Å²) in [5, 5.41) is 9.44. The van der Waals surface area contributed by atoms with Crippen LogP contribution in [0.2, 0.25) is 0 Å². The van der Waals surface area contributed by atoms with Gasteiger partial charge in [-0.15, -0.1) is 0 Å². The number of aliphatic hydroxyl groups excluding tert-OH is 1. The zero-order chi connectivity index (χ0) is 20.2. The van der Waals surface area contributed by atoms with Crippen LogP contribution in [0.15, 0.2) is 23.8 Å². The number of hydrogen-bond donors (Lipinski definition) is 1. The Bertz CT molecular complexity index is 737. The molecule has 0 saturated heterocycles. The Balaban J connectivity index is 1.70. The van der Waals surface area contributed by atoms with Crippen molar-refractivity contribution in [3.05, 3.63) is 23.8 Å². The van der Waals surface area contributed by atoms with Crippen molar-refractivity contribution in [1.82, 2.24) is 0 Å². The summed E-state index contributed by atoms with van der Waals surface area (Å²) in [6, 6.07) is 0. The molecule has 0 unspecified atom stereocenters. The van der Waals surface area contributed by atoms with Gasteiger partial charge in [0.25, 0.3) is 0 Å². The number of aliphatic hydroxyl groups is 1. The molecule has 0 aliphatic heterocycles. The highest BCUT2D eigenvalue weighted by Crippen LogP contribution is 2.67. The van der Waals surface area contributed by atoms with Gasteiger partial charge < -0.3 is 9.84 Å². The van der Waals surface area contributed by atoms with Gasteiger partial charge in [-0.3, -0.25) is 9.59 Å². The Kier molecular flexibility index (Phi) is 4.85. The van der Waals surface area contributed by atoms with Crippen LogP contribution in [-0.4, -0.2) is 29.1 Å². The van der Waals surface area contributed by atoms with E-state index in [0.717, 1.165) is 38.5 Å². The van der Waals surface area contributed by atoms with Crippen molar-refractivity contribution >= 4 is 11.8 Å². The van der Waals surface area contributed by atoms with Crippen LogP contribution in [0.25, 0.3) is 0 Å². The van der Waals surface area contributed by atoms with E-state index in [-0.39, 0.29) is 29.2 Å². The van der Waals surface area contributed by atoms with Crippen LogP contribution < -0.4 is 0 Å². The van der Waals surface area contributed by atoms with Gasteiger partial charge in [0.1, 0.15) is 5.60 Å². The summed E-state index contributed by atoms with van der Waals surface area (Å²) in [6.07, 6.45) is 13.6. The minimum atomic E-state index is -0.454. The molecule has 4 rings (SSSR count). The highest BCUT2D eigenvalue weighted by atomic mass is 16.6. The van der Waals surface area contributed by atoms with Gasteiger partial charge in [-0.05, 0) is 79.8 Å². The highest BCUT2D eigenvalue weighted by Gasteiger charge is 2.64. The number of carbonyl (C=O) groups excluding carboxylic acids is 2. The molecule has 4 nitrogen and oxygen atoms in total. The number of ketones is 1. The second-order valence-electron chi connectivity index (χ2n) is 10.0. The van der Waals surface area contributed by atoms with Gasteiger partial charge in [-0.25, -0.2) is 0 Å². The third-order valence-corrected chi connectivity index (χ3v) is 8.88. The molecule has 4 aliphatic rings. The van der Waals surface area contributed by atoms with E-state index in [1.807, 2.05) is 6.08 Å². The van der Waals surface area contributed by atoms with Crippen molar-refractivity contribution in [2.24, 2.45) is 28.6 Å². The topological polar surface area (TPSA) is 63.6 Å². The van der Waals surface area contributed by atoms with Crippen molar-refractivity contribution in [2.75, 3.05) is 6.61 Å². The molecule has 154 valence electrons.